The van der Waals surface area contributed by atoms with Crippen molar-refractivity contribution in [2.75, 3.05) is 6.61 Å². The molecule has 0 aromatic carbocycles. The minimum Gasteiger partial charge on any atom is -0.373 e. The molecule has 0 radical (unpaired) electrons. The molecule has 0 bridgehead atoms. The lowest BCUT2D eigenvalue weighted by molar-refractivity contribution is 0.314. The molecular formula is C10H16O. The quantitative estimate of drug-likeness (QED) is 0.436. The molecule has 1 fully saturated rings. The predicted octanol–water partition coefficient (Wildman–Crippen LogP) is 2.23. The second-order valence-corrected chi connectivity index (χ2v) is 3.96. The third-order valence-electron chi connectivity index (χ3n) is 3.10. The van der Waals surface area contributed by atoms with E-state index in [1.807, 2.05) is 0 Å². The van der Waals surface area contributed by atoms with E-state index in [9.17, 15) is 0 Å². The van der Waals surface area contributed by atoms with E-state index in [-0.39, 0.29) is 0 Å². The van der Waals surface area contributed by atoms with Crippen molar-refractivity contribution in [1.82, 2.24) is 0 Å². The molecule has 62 valence electrons. The fraction of sp³-hybridized carbons (Fsp3) is 0.800. The zero-order valence-corrected chi connectivity index (χ0v) is 7.29. The molecule has 1 aliphatic carbocycles. The van der Waals surface area contributed by atoms with Gasteiger partial charge in [0.25, 0.3) is 0 Å². The zero-order valence-electron chi connectivity index (χ0n) is 7.29. The highest BCUT2D eigenvalue weighted by molar-refractivity contribution is 5.05. The van der Waals surface area contributed by atoms with Crippen LogP contribution in [0.5, 0.6) is 0 Å². The first-order chi connectivity index (χ1) is 5.27. The second-order valence-electron chi connectivity index (χ2n) is 3.96. The SMILES string of the molecule is CC1C(CC2CO2)C=C[C@H]1C. The molecule has 2 rings (SSSR count). The van der Waals surface area contributed by atoms with Gasteiger partial charge < -0.3 is 4.74 Å². The molecule has 1 aliphatic heterocycles. The Morgan fingerprint density at radius 2 is 2.09 bits per heavy atom. The summed E-state index contributed by atoms with van der Waals surface area (Å²) >= 11 is 0. The smallest absolute Gasteiger partial charge is 0.0815 e. The Kier molecular flexibility index (Phi) is 1.76. The highest BCUT2D eigenvalue weighted by Crippen LogP contribution is 2.35. The van der Waals surface area contributed by atoms with Crippen LogP contribution in [0.25, 0.3) is 0 Å². The Balaban J connectivity index is 1.88. The standard InChI is InChI=1S/C10H16O/c1-7-3-4-9(8(7)2)5-10-6-11-10/h3-4,7-10H,5-6H2,1-2H3/t7-,8?,9?,10?/m1/s1. The summed E-state index contributed by atoms with van der Waals surface area (Å²) in [6, 6.07) is 0. The Bertz CT molecular complexity index is 170. The van der Waals surface area contributed by atoms with Gasteiger partial charge in [-0.1, -0.05) is 26.0 Å². The van der Waals surface area contributed by atoms with Crippen LogP contribution in [-0.2, 0) is 4.74 Å². The maximum atomic E-state index is 5.22. The second kappa shape index (κ2) is 2.63. The molecular weight excluding hydrogens is 136 g/mol. The van der Waals surface area contributed by atoms with E-state index < -0.39 is 0 Å². The summed E-state index contributed by atoms with van der Waals surface area (Å²) in [7, 11) is 0. The van der Waals surface area contributed by atoms with Gasteiger partial charge in [-0.25, -0.2) is 0 Å². The Labute approximate surface area is 68.4 Å². The van der Waals surface area contributed by atoms with Crippen molar-refractivity contribution < 1.29 is 4.74 Å². The molecule has 11 heavy (non-hydrogen) atoms. The number of rotatable bonds is 2. The van der Waals surface area contributed by atoms with Gasteiger partial charge in [0.2, 0.25) is 0 Å². The minimum atomic E-state index is 0.595. The summed E-state index contributed by atoms with van der Waals surface area (Å²) in [5, 5.41) is 0. The maximum absolute atomic E-state index is 5.22. The Morgan fingerprint density at radius 1 is 1.36 bits per heavy atom. The van der Waals surface area contributed by atoms with Crippen LogP contribution < -0.4 is 0 Å². The van der Waals surface area contributed by atoms with Gasteiger partial charge >= 0.3 is 0 Å². The van der Waals surface area contributed by atoms with Gasteiger partial charge in [0, 0.05) is 0 Å². The zero-order chi connectivity index (χ0) is 7.84. The maximum Gasteiger partial charge on any atom is 0.0815 e. The van der Waals surface area contributed by atoms with Crippen LogP contribution in [-0.4, -0.2) is 12.7 Å². The lowest BCUT2D eigenvalue weighted by Crippen LogP contribution is -2.11. The van der Waals surface area contributed by atoms with Crippen LogP contribution in [0.4, 0.5) is 0 Å². The first kappa shape index (κ1) is 7.35. The molecule has 1 heteroatoms. The molecule has 0 aromatic heterocycles. The minimum absolute atomic E-state index is 0.595. The molecule has 1 heterocycles. The van der Waals surface area contributed by atoms with Gasteiger partial charge in [0.1, 0.15) is 0 Å². The van der Waals surface area contributed by atoms with Gasteiger partial charge in [-0.2, -0.15) is 0 Å². The van der Waals surface area contributed by atoms with Crippen molar-refractivity contribution in [2.45, 2.75) is 26.4 Å². The molecule has 1 saturated heterocycles. The molecule has 0 saturated carbocycles. The summed E-state index contributed by atoms with van der Waals surface area (Å²) in [6.07, 6.45) is 6.56. The average Bonchev–Trinajstić information content (AvgIpc) is 2.74. The van der Waals surface area contributed by atoms with E-state index in [1.165, 1.54) is 6.42 Å². The van der Waals surface area contributed by atoms with Crippen molar-refractivity contribution in [1.29, 1.82) is 0 Å². The van der Waals surface area contributed by atoms with Gasteiger partial charge in [-0.15, -0.1) is 0 Å². The summed E-state index contributed by atoms with van der Waals surface area (Å²) in [5.74, 6) is 2.40. The Hall–Kier alpha value is -0.300. The number of ether oxygens (including phenoxy) is 1. The third-order valence-corrected chi connectivity index (χ3v) is 3.10. The van der Waals surface area contributed by atoms with Gasteiger partial charge in [0.05, 0.1) is 12.7 Å². The van der Waals surface area contributed by atoms with Crippen molar-refractivity contribution >= 4 is 0 Å². The normalized spacial score (nSPS) is 48.2. The van der Waals surface area contributed by atoms with Gasteiger partial charge in [-0.05, 0) is 24.2 Å². The first-order valence-electron chi connectivity index (χ1n) is 4.57. The lowest BCUT2D eigenvalue weighted by Gasteiger charge is -2.16. The molecule has 3 unspecified atom stereocenters. The van der Waals surface area contributed by atoms with E-state index in [0.29, 0.717) is 6.10 Å². The molecule has 0 N–H and O–H groups in total. The fourth-order valence-electron chi connectivity index (χ4n) is 1.86. The lowest BCUT2D eigenvalue weighted by atomic mass is 9.88. The molecule has 1 nitrogen and oxygen atoms in total. The van der Waals surface area contributed by atoms with E-state index in [4.69, 9.17) is 4.74 Å². The number of allylic oxidation sites excluding steroid dienone is 2. The van der Waals surface area contributed by atoms with E-state index in [1.54, 1.807) is 0 Å². The third kappa shape index (κ3) is 1.48. The topological polar surface area (TPSA) is 12.5 Å². The number of epoxide rings is 1. The van der Waals surface area contributed by atoms with Crippen molar-refractivity contribution in [2.24, 2.45) is 17.8 Å². The van der Waals surface area contributed by atoms with Crippen LogP contribution in [0, 0.1) is 17.8 Å². The van der Waals surface area contributed by atoms with Gasteiger partial charge in [0.15, 0.2) is 0 Å². The molecule has 0 spiro atoms. The van der Waals surface area contributed by atoms with E-state index in [0.717, 1.165) is 24.4 Å². The van der Waals surface area contributed by atoms with Crippen LogP contribution in [0.3, 0.4) is 0 Å². The van der Waals surface area contributed by atoms with Crippen molar-refractivity contribution in [3.05, 3.63) is 12.2 Å². The summed E-state index contributed by atoms with van der Waals surface area (Å²) in [6.45, 7) is 5.65. The number of hydrogen-bond acceptors (Lipinski definition) is 1. The average molecular weight is 152 g/mol. The van der Waals surface area contributed by atoms with E-state index >= 15 is 0 Å². The molecule has 2 aliphatic rings. The van der Waals surface area contributed by atoms with E-state index in [2.05, 4.69) is 26.0 Å². The molecule has 0 amide bonds. The van der Waals surface area contributed by atoms with Crippen LogP contribution in [0.15, 0.2) is 12.2 Å². The van der Waals surface area contributed by atoms with Crippen molar-refractivity contribution in [3.63, 3.8) is 0 Å². The summed E-state index contributed by atoms with van der Waals surface area (Å²) < 4.78 is 5.22. The largest absolute Gasteiger partial charge is 0.373 e. The highest BCUT2D eigenvalue weighted by Gasteiger charge is 2.31. The molecule has 0 aromatic rings. The van der Waals surface area contributed by atoms with Crippen LogP contribution in [0.1, 0.15) is 20.3 Å². The number of hydrogen-bond donors (Lipinski definition) is 0. The van der Waals surface area contributed by atoms with Crippen molar-refractivity contribution in [3.8, 4) is 0 Å². The van der Waals surface area contributed by atoms with Gasteiger partial charge in [-0.3, -0.25) is 0 Å². The summed E-state index contributed by atoms with van der Waals surface area (Å²) in [4.78, 5) is 0. The fourth-order valence-corrected chi connectivity index (χ4v) is 1.86. The predicted molar refractivity (Wildman–Crippen MR) is 45.3 cm³/mol. The van der Waals surface area contributed by atoms with Crippen LogP contribution >= 0.6 is 0 Å². The molecule has 4 atom stereocenters. The van der Waals surface area contributed by atoms with Crippen LogP contribution in [0.2, 0.25) is 0 Å². The first-order valence-corrected chi connectivity index (χ1v) is 4.57. The summed E-state index contributed by atoms with van der Waals surface area (Å²) in [5.41, 5.74) is 0. The monoisotopic (exact) mass is 152 g/mol. The Morgan fingerprint density at radius 3 is 2.55 bits per heavy atom. The highest BCUT2D eigenvalue weighted by atomic mass is 16.6.